The van der Waals surface area contributed by atoms with Gasteiger partial charge in [0, 0.05) is 0 Å². The molecule has 118 valence electrons. The molecule has 0 bridgehead atoms. The molecule has 0 aliphatic rings. The number of alkyl halides is 3. The quantitative estimate of drug-likeness (QED) is 0.796. The molecule has 2 aromatic carbocycles. The van der Waals surface area contributed by atoms with Gasteiger partial charge in [-0.25, -0.2) is 0 Å². The molecular weight excluding hydrogens is 317 g/mol. The van der Waals surface area contributed by atoms with Crippen molar-refractivity contribution >= 4 is 10.1 Å². The molecule has 2 aromatic rings. The highest BCUT2D eigenvalue weighted by molar-refractivity contribution is 7.87. The highest BCUT2D eigenvalue weighted by Crippen LogP contribution is 2.33. The third-order valence-electron chi connectivity index (χ3n) is 3.03. The lowest BCUT2D eigenvalue weighted by atomic mass is 10.1. The van der Waals surface area contributed by atoms with Crippen molar-refractivity contribution in [3.63, 3.8) is 0 Å². The monoisotopic (exact) mass is 330 g/mol. The van der Waals surface area contributed by atoms with Gasteiger partial charge < -0.3 is 4.18 Å². The molecule has 0 amide bonds. The van der Waals surface area contributed by atoms with Crippen LogP contribution in [0.3, 0.4) is 0 Å². The summed E-state index contributed by atoms with van der Waals surface area (Å²) in [4.78, 5) is -0.536. The van der Waals surface area contributed by atoms with Crippen molar-refractivity contribution in [2.24, 2.45) is 0 Å². The first kappa shape index (κ1) is 16.4. The summed E-state index contributed by atoms with van der Waals surface area (Å²) >= 11 is 0. The van der Waals surface area contributed by atoms with E-state index in [0.717, 1.165) is 17.7 Å². The van der Waals surface area contributed by atoms with Gasteiger partial charge in [0.25, 0.3) is 0 Å². The first-order valence-corrected chi connectivity index (χ1v) is 7.69. The zero-order valence-electron chi connectivity index (χ0n) is 11.8. The second kappa shape index (κ2) is 5.64. The summed E-state index contributed by atoms with van der Waals surface area (Å²) in [7, 11) is -4.33. The fourth-order valence-corrected chi connectivity index (χ4v) is 2.79. The maximum Gasteiger partial charge on any atom is 0.416 e. The summed E-state index contributed by atoms with van der Waals surface area (Å²) in [5.74, 6) is 0.0414. The molecule has 0 heterocycles. The minimum atomic E-state index is -4.63. The van der Waals surface area contributed by atoms with E-state index in [1.807, 2.05) is 6.92 Å². The van der Waals surface area contributed by atoms with Crippen LogP contribution < -0.4 is 4.18 Å². The van der Waals surface area contributed by atoms with Crippen LogP contribution in [-0.2, 0) is 16.3 Å². The first-order chi connectivity index (χ1) is 10.1. The Morgan fingerprint density at radius 2 is 1.55 bits per heavy atom. The number of rotatable bonds is 3. The zero-order valence-corrected chi connectivity index (χ0v) is 12.6. The molecule has 2 rings (SSSR count). The van der Waals surface area contributed by atoms with Gasteiger partial charge in [-0.05, 0) is 43.7 Å². The second-order valence-corrected chi connectivity index (χ2v) is 6.37. The van der Waals surface area contributed by atoms with Crippen LogP contribution in [0.4, 0.5) is 13.2 Å². The van der Waals surface area contributed by atoms with Crippen LogP contribution >= 0.6 is 0 Å². The third kappa shape index (κ3) is 3.59. The minimum Gasteiger partial charge on any atom is -0.379 e. The van der Waals surface area contributed by atoms with Crippen molar-refractivity contribution < 1.29 is 25.8 Å². The van der Waals surface area contributed by atoms with Gasteiger partial charge in [0.15, 0.2) is 0 Å². The maximum absolute atomic E-state index is 12.9. The van der Waals surface area contributed by atoms with Crippen LogP contribution in [0.1, 0.15) is 16.7 Å². The first-order valence-electron chi connectivity index (χ1n) is 6.28. The Labute approximate surface area is 126 Å². The molecule has 0 aliphatic carbocycles. The molecule has 0 aliphatic heterocycles. The van der Waals surface area contributed by atoms with E-state index in [1.165, 1.54) is 19.1 Å². The molecule has 22 heavy (non-hydrogen) atoms. The SMILES string of the molecule is Cc1ccc(OS(=O)(=O)c2ccc(C)c(C(F)(F)F)c2)cc1. The van der Waals surface area contributed by atoms with Gasteiger partial charge in [-0.3, -0.25) is 0 Å². The van der Waals surface area contributed by atoms with Crippen LogP contribution in [0.2, 0.25) is 0 Å². The molecule has 0 aromatic heterocycles. The summed E-state index contributed by atoms with van der Waals surface area (Å²) in [6.07, 6.45) is -4.63. The Hall–Kier alpha value is -2.02. The van der Waals surface area contributed by atoms with Gasteiger partial charge in [-0.1, -0.05) is 23.8 Å². The molecule has 0 saturated carbocycles. The normalized spacial score (nSPS) is 12.2. The number of halogens is 3. The maximum atomic E-state index is 12.9. The van der Waals surface area contributed by atoms with E-state index >= 15 is 0 Å². The van der Waals surface area contributed by atoms with E-state index < -0.39 is 26.8 Å². The average molecular weight is 330 g/mol. The van der Waals surface area contributed by atoms with Gasteiger partial charge in [-0.15, -0.1) is 0 Å². The van der Waals surface area contributed by atoms with E-state index in [2.05, 4.69) is 0 Å². The fraction of sp³-hybridized carbons (Fsp3) is 0.200. The highest BCUT2D eigenvalue weighted by atomic mass is 32.2. The molecule has 7 heteroatoms. The minimum absolute atomic E-state index is 0.0414. The Balaban J connectivity index is 2.39. The highest BCUT2D eigenvalue weighted by Gasteiger charge is 2.34. The van der Waals surface area contributed by atoms with Gasteiger partial charge in [0.05, 0.1) is 5.56 Å². The molecule has 0 atom stereocenters. The average Bonchev–Trinajstić information content (AvgIpc) is 2.40. The molecule has 0 fully saturated rings. The fourth-order valence-electron chi connectivity index (χ4n) is 1.83. The smallest absolute Gasteiger partial charge is 0.379 e. The predicted octanol–water partition coefficient (Wildman–Crippen LogP) is 4.09. The largest absolute Gasteiger partial charge is 0.416 e. The summed E-state index contributed by atoms with van der Waals surface area (Å²) in [5, 5.41) is 0. The van der Waals surface area contributed by atoms with E-state index in [9.17, 15) is 21.6 Å². The molecular formula is C15H13F3O3S. The van der Waals surface area contributed by atoms with Crippen LogP contribution in [0.25, 0.3) is 0 Å². The number of aryl methyl sites for hydroxylation is 2. The predicted molar refractivity (Wildman–Crippen MR) is 75.2 cm³/mol. The molecule has 0 saturated heterocycles. The lowest BCUT2D eigenvalue weighted by Crippen LogP contribution is -2.13. The Bertz CT molecular complexity index is 779. The summed E-state index contributed by atoms with van der Waals surface area (Å²) in [5.41, 5.74) is -0.151. The van der Waals surface area contributed by atoms with Crippen molar-refractivity contribution in [1.29, 1.82) is 0 Å². The van der Waals surface area contributed by atoms with Gasteiger partial charge in [-0.2, -0.15) is 21.6 Å². The third-order valence-corrected chi connectivity index (χ3v) is 4.27. The molecule has 0 spiro atoms. The van der Waals surface area contributed by atoms with Crippen LogP contribution in [-0.4, -0.2) is 8.42 Å². The number of benzene rings is 2. The van der Waals surface area contributed by atoms with Gasteiger partial charge in [0.1, 0.15) is 10.6 Å². The molecule has 0 unspecified atom stereocenters. The number of hydrogen-bond acceptors (Lipinski definition) is 3. The topological polar surface area (TPSA) is 43.4 Å². The van der Waals surface area contributed by atoms with Crippen molar-refractivity contribution in [3.8, 4) is 5.75 Å². The van der Waals surface area contributed by atoms with Gasteiger partial charge in [0.2, 0.25) is 0 Å². The summed E-state index contributed by atoms with van der Waals surface area (Å²) in [6.45, 7) is 3.08. The van der Waals surface area contributed by atoms with Crippen molar-refractivity contribution in [3.05, 3.63) is 59.2 Å². The lowest BCUT2D eigenvalue weighted by molar-refractivity contribution is -0.138. The van der Waals surface area contributed by atoms with Crippen molar-refractivity contribution in [1.82, 2.24) is 0 Å². The van der Waals surface area contributed by atoms with Crippen molar-refractivity contribution in [2.45, 2.75) is 24.9 Å². The van der Waals surface area contributed by atoms with E-state index in [4.69, 9.17) is 4.18 Å². The van der Waals surface area contributed by atoms with Crippen LogP contribution in [0, 0.1) is 13.8 Å². The molecule has 0 N–H and O–H groups in total. The lowest BCUT2D eigenvalue weighted by Gasteiger charge is -2.13. The van der Waals surface area contributed by atoms with Crippen molar-refractivity contribution in [2.75, 3.05) is 0 Å². The summed E-state index contributed by atoms with van der Waals surface area (Å²) < 4.78 is 67.6. The van der Waals surface area contributed by atoms with Crippen LogP contribution in [0.5, 0.6) is 5.75 Å². The number of hydrogen-bond donors (Lipinski definition) is 0. The van der Waals surface area contributed by atoms with E-state index in [-0.39, 0.29) is 11.3 Å². The Kier molecular flexibility index (Phi) is 4.19. The summed E-state index contributed by atoms with van der Waals surface area (Å²) in [6, 6.07) is 8.93. The second-order valence-electron chi connectivity index (χ2n) is 4.82. The zero-order chi connectivity index (χ0) is 16.5. The van der Waals surface area contributed by atoms with E-state index in [0.29, 0.717) is 6.07 Å². The standard InChI is InChI=1S/C15H13F3O3S/c1-10-3-6-12(7-4-10)21-22(19,20)13-8-5-11(2)14(9-13)15(16,17)18/h3-9H,1-2H3. The van der Waals surface area contributed by atoms with Crippen LogP contribution in [0.15, 0.2) is 47.4 Å². The molecule has 0 radical (unpaired) electrons. The van der Waals surface area contributed by atoms with E-state index in [1.54, 1.807) is 12.1 Å². The van der Waals surface area contributed by atoms with Gasteiger partial charge >= 0.3 is 16.3 Å². The molecule has 3 nitrogen and oxygen atoms in total. The Morgan fingerprint density at radius 1 is 0.955 bits per heavy atom. The Morgan fingerprint density at radius 3 is 2.09 bits per heavy atom.